The first-order valence-electron chi connectivity index (χ1n) is 7.62. The highest BCUT2D eigenvalue weighted by Crippen LogP contribution is 2.17. The van der Waals surface area contributed by atoms with Crippen LogP contribution in [0.1, 0.15) is 22.8 Å². The maximum Gasteiger partial charge on any atom is 0.336 e. The Morgan fingerprint density at radius 1 is 1.00 bits per heavy atom. The van der Waals surface area contributed by atoms with Gasteiger partial charge in [0.05, 0.1) is 11.1 Å². The van der Waals surface area contributed by atoms with Gasteiger partial charge >= 0.3 is 5.97 Å². The Morgan fingerprint density at radius 2 is 1.68 bits per heavy atom. The van der Waals surface area contributed by atoms with Crippen molar-refractivity contribution in [3.63, 3.8) is 0 Å². The number of hydrogen-bond donors (Lipinski definition) is 2. The van der Waals surface area contributed by atoms with Gasteiger partial charge in [-0.05, 0) is 31.2 Å². The Labute approximate surface area is 144 Å². The van der Waals surface area contributed by atoms with Crippen LogP contribution >= 0.6 is 0 Å². The molecule has 0 bridgehead atoms. The van der Waals surface area contributed by atoms with Crippen molar-refractivity contribution in [2.24, 2.45) is 15.7 Å². The summed E-state index contributed by atoms with van der Waals surface area (Å²) in [6, 6.07) is 18.0. The molecule has 0 aliphatic heterocycles. The summed E-state index contributed by atoms with van der Waals surface area (Å²) in [7, 11) is 0. The molecule has 1 aromatic heterocycles. The van der Waals surface area contributed by atoms with Crippen molar-refractivity contribution >= 4 is 34.4 Å². The molecule has 0 spiro atoms. The van der Waals surface area contributed by atoms with Crippen molar-refractivity contribution in [1.82, 2.24) is 4.98 Å². The van der Waals surface area contributed by atoms with Crippen LogP contribution in [0.5, 0.6) is 0 Å². The predicted octanol–water partition coefficient (Wildman–Crippen LogP) is 3.39. The smallest absolute Gasteiger partial charge is 0.336 e. The van der Waals surface area contributed by atoms with Crippen LogP contribution in [0.3, 0.4) is 0 Å². The first-order valence-corrected chi connectivity index (χ1v) is 7.62. The van der Waals surface area contributed by atoms with E-state index in [0.717, 1.165) is 10.9 Å². The largest absolute Gasteiger partial charge is 0.478 e. The molecule has 0 amide bonds. The van der Waals surface area contributed by atoms with Gasteiger partial charge in [0.25, 0.3) is 0 Å². The lowest BCUT2D eigenvalue weighted by Crippen LogP contribution is -2.13. The van der Waals surface area contributed by atoms with Crippen LogP contribution in [0.4, 0.5) is 5.82 Å². The SMILES string of the molecule is CC(=NC(N)=Nc1ccc2ccccc2n1)c1ccccc1C(=O)O. The van der Waals surface area contributed by atoms with Gasteiger partial charge in [0.1, 0.15) is 0 Å². The Balaban J connectivity index is 1.94. The highest BCUT2D eigenvalue weighted by atomic mass is 16.4. The lowest BCUT2D eigenvalue weighted by molar-refractivity contribution is 0.0696. The van der Waals surface area contributed by atoms with Crippen molar-refractivity contribution in [3.05, 3.63) is 71.8 Å². The van der Waals surface area contributed by atoms with Crippen molar-refractivity contribution in [1.29, 1.82) is 0 Å². The quantitative estimate of drug-likeness (QED) is 0.567. The van der Waals surface area contributed by atoms with Crippen LogP contribution in [-0.2, 0) is 0 Å². The monoisotopic (exact) mass is 332 g/mol. The first-order chi connectivity index (χ1) is 12.0. The summed E-state index contributed by atoms with van der Waals surface area (Å²) in [5.74, 6) is -0.559. The number of carboxylic acid groups (broad SMARTS) is 1. The van der Waals surface area contributed by atoms with Crippen LogP contribution in [-0.4, -0.2) is 27.7 Å². The average Bonchev–Trinajstić information content (AvgIpc) is 2.61. The Morgan fingerprint density at radius 3 is 2.44 bits per heavy atom. The normalized spacial score (nSPS) is 12.4. The molecule has 0 unspecified atom stereocenters. The number of rotatable bonds is 3. The van der Waals surface area contributed by atoms with Crippen LogP contribution < -0.4 is 5.73 Å². The molecule has 6 heteroatoms. The number of aromatic nitrogens is 1. The van der Waals surface area contributed by atoms with E-state index >= 15 is 0 Å². The molecular formula is C19H16N4O2. The number of carbonyl (C=O) groups is 1. The number of benzene rings is 2. The maximum absolute atomic E-state index is 11.3. The fourth-order valence-electron chi connectivity index (χ4n) is 2.48. The van der Waals surface area contributed by atoms with Crippen molar-refractivity contribution < 1.29 is 9.90 Å². The van der Waals surface area contributed by atoms with E-state index < -0.39 is 5.97 Å². The number of para-hydroxylation sites is 1. The lowest BCUT2D eigenvalue weighted by Gasteiger charge is -2.05. The Bertz CT molecular complexity index is 1010. The second-order valence-corrected chi connectivity index (χ2v) is 5.38. The number of guanidine groups is 1. The minimum atomic E-state index is -1.02. The third-order valence-electron chi connectivity index (χ3n) is 3.64. The molecule has 2 aromatic carbocycles. The zero-order valence-corrected chi connectivity index (χ0v) is 13.5. The zero-order chi connectivity index (χ0) is 17.8. The van der Waals surface area contributed by atoms with E-state index in [0.29, 0.717) is 17.1 Å². The number of fused-ring (bicyclic) bond motifs is 1. The fourth-order valence-corrected chi connectivity index (χ4v) is 2.48. The van der Waals surface area contributed by atoms with Crippen molar-refractivity contribution in [2.45, 2.75) is 6.92 Å². The minimum absolute atomic E-state index is 0.0143. The van der Waals surface area contributed by atoms with E-state index in [2.05, 4.69) is 15.0 Å². The average molecular weight is 332 g/mol. The maximum atomic E-state index is 11.3. The van der Waals surface area contributed by atoms with E-state index in [1.54, 1.807) is 31.2 Å². The molecule has 0 aliphatic rings. The predicted molar refractivity (Wildman–Crippen MR) is 98.6 cm³/mol. The standard InChI is InChI=1S/C19H16N4O2/c1-12(14-7-3-4-8-15(14)18(24)25)21-19(20)23-17-11-10-13-6-2-5-9-16(13)22-17/h2-11H,1H3,(H,24,25)(H2,20,22,23). The third-order valence-corrected chi connectivity index (χ3v) is 3.64. The number of aliphatic imine (C=N–C) groups is 2. The highest BCUT2D eigenvalue weighted by molar-refractivity contribution is 6.11. The molecule has 6 nitrogen and oxygen atoms in total. The van der Waals surface area contributed by atoms with Crippen LogP contribution in [0.2, 0.25) is 0 Å². The van der Waals surface area contributed by atoms with E-state index in [1.165, 1.54) is 6.07 Å². The number of pyridine rings is 1. The van der Waals surface area contributed by atoms with Gasteiger partial charge in [0, 0.05) is 16.7 Å². The summed E-state index contributed by atoms with van der Waals surface area (Å²) in [4.78, 5) is 24.1. The first kappa shape index (κ1) is 16.3. The van der Waals surface area contributed by atoms with Gasteiger partial charge in [0.15, 0.2) is 5.82 Å². The Kier molecular flexibility index (Phi) is 4.52. The van der Waals surface area contributed by atoms with Gasteiger partial charge < -0.3 is 10.8 Å². The van der Waals surface area contributed by atoms with E-state index in [9.17, 15) is 9.90 Å². The molecule has 0 radical (unpaired) electrons. The van der Waals surface area contributed by atoms with Crippen LogP contribution in [0.25, 0.3) is 10.9 Å². The molecule has 3 rings (SSSR count). The number of hydrogen-bond acceptors (Lipinski definition) is 3. The van der Waals surface area contributed by atoms with Gasteiger partial charge in [-0.25, -0.2) is 14.8 Å². The summed E-state index contributed by atoms with van der Waals surface area (Å²) in [6.45, 7) is 1.69. The molecule has 1 heterocycles. The summed E-state index contributed by atoms with van der Waals surface area (Å²) >= 11 is 0. The Hall–Kier alpha value is -3.54. The summed E-state index contributed by atoms with van der Waals surface area (Å²) in [5.41, 5.74) is 7.84. The van der Waals surface area contributed by atoms with E-state index in [1.807, 2.05) is 30.3 Å². The molecule has 0 saturated carbocycles. The zero-order valence-electron chi connectivity index (χ0n) is 13.5. The molecular weight excluding hydrogens is 316 g/mol. The van der Waals surface area contributed by atoms with Crippen LogP contribution in [0.15, 0.2) is 70.6 Å². The van der Waals surface area contributed by atoms with Crippen molar-refractivity contribution in [3.8, 4) is 0 Å². The van der Waals surface area contributed by atoms with Gasteiger partial charge in [0.2, 0.25) is 5.96 Å². The molecule has 0 aliphatic carbocycles. The number of carboxylic acids is 1. The lowest BCUT2D eigenvalue weighted by atomic mass is 10.0. The second kappa shape index (κ2) is 6.92. The molecule has 3 aromatic rings. The third kappa shape index (κ3) is 3.69. The fraction of sp³-hybridized carbons (Fsp3) is 0.0526. The van der Waals surface area contributed by atoms with E-state index in [4.69, 9.17) is 5.73 Å². The molecule has 3 N–H and O–H groups in total. The molecule has 124 valence electrons. The number of nitrogens with zero attached hydrogens (tertiary/aromatic N) is 3. The van der Waals surface area contributed by atoms with Crippen molar-refractivity contribution in [2.75, 3.05) is 0 Å². The summed E-state index contributed by atoms with van der Waals surface area (Å²) in [5, 5.41) is 10.3. The van der Waals surface area contributed by atoms with Gasteiger partial charge in [-0.3, -0.25) is 0 Å². The highest BCUT2D eigenvalue weighted by Gasteiger charge is 2.11. The van der Waals surface area contributed by atoms with Crippen LogP contribution in [0, 0.1) is 0 Å². The minimum Gasteiger partial charge on any atom is -0.478 e. The second-order valence-electron chi connectivity index (χ2n) is 5.38. The summed E-state index contributed by atoms with van der Waals surface area (Å²) in [6.07, 6.45) is 0. The molecule has 25 heavy (non-hydrogen) atoms. The molecule has 0 atom stereocenters. The molecule has 0 saturated heterocycles. The van der Waals surface area contributed by atoms with Gasteiger partial charge in [-0.15, -0.1) is 0 Å². The topological polar surface area (TPSA) is 101 Å². The van der Waals surface area contributed by atoms with Gasteiger partial charge in [-0.1, -0.05) is 36.4 Å². The molecule has 0 fully saturated rings. The van der Waals surface area contributed by atoms with Gasteiger partial charge in [-0.2, -0.15) is 4.99 Å². The number of aromatic carboxylic acids is 1. The summed E-state index contributed by atoms with van der Waals surface area (Å²) < 4.78 is 0. The number of nitrogens with two attached hydrogens (primary N) is 1. The van der Waals surface area contributed by atoms with E-state index in [-0.39, 0.29) is 11.5 Å².